The van der Waals surface area contributed by atoms with E-state index in [0.717, 1.165) is 37.9 Å². The third kappa shape index (κ3) is 4.16. The van der Waals surface area contributed by atoms with Crippen molar-refractivity contribution in [1.82, 2.24) is 4.98 Å². The lowest BCUT2D eigenvalue weighted by Gasteiger charge is -2.35. The van der Waals surface area contributed by atoms with Crippen LogP contribution in [0.5, 0.6) is 0 Å². The Morgan fingerprint density at radius 3 is 2.43 bits per heavy atom. The highest BCUT2D eigenvalue weighted by Gasteiger charge is 2.33. The molecule has 1 aliphatic rings. The molecular weight excluding hydrogens is 324 g/mol. The molecule has 7 heteroatoms. The molecular formula is C14H17Cl2F3N2. The summed E-state index contributed by atoms with van der Waals surface area (Å²) in [6.45, 7) is 0.578. The van der Waals surface area contributed by atoms with Gasteiger partial charge in [-0.1, -0.05) is 30.9 Å². The van der Waals surface area contributed by atoms with Crippen LogP contribution in [0.2, 0.25) is 5.02 Å². The summed E-state index contributed by atoms with van der Waals surface area (Å²) in [6, 6.07) is 0.894. The molecule has 0 spiro atoms. The van der Waals surface area contributed by atoms with Gasteiger partial charge in [0.1, 0.15) is 5.82 Å². The van der Waals surface area contributed by atoms with E-state index in [9.17, 15) is 13.2 Å². The molecule has 2 rings (SSSR count). The van der Waals surface area contributed by atoms with Crippen LogP contribution in [0, 0.1) is 5.41 Å². The van der Waals surface area contributed by atoms with Crippen LogP contribution < -0.4 is 5.32 Å². The standard InChI is InChI=1S/C14H17Cl2F3N2/c15-8-13(4-2-1-3-5-13)9-21-12-11(16)6-10(7-20-12)14(17,18)19/h6-7H,1-5,8-9H2,(H,20,21). The van der Waals surface area contributed by atoms with Gasteiger partial charge in [0, 0.05) is 24.0 Å². The summed E-state index contributed by atoms with van der Waals surface area (Å²) in [5.74, 6) is 0.804. The van der Waals surface area contributed by atoms with E-state index in [2.05, 4.69) is 10.3 Å². The van der Waals surface area contributed by atoms with Crippen molar-refractivity contribution < 1.29 is 13.2 Å². The van der Waals surface area contributed by atoms with Crippen LogP contribution in [0.25, 0.3) is 0 Å². The number of alkyl halides is 4. The quantitative estimate of drug-likeness (QED) is 0.746. The Bertz CT molecular complexity index is 486. The highest BCUT2D eigenvalue weighted by atomic mass is 35.5. The maximum absolute atomic E-state index is 12.6. The summed E-state index contributed by atoms with van der Waals surface area (Å²) in [4.78, 5) is 3.79. The largest absolute Gasteiger partial charge is 0.417 e. The molecule has 0 atom stereocenters. The van der Waals surface area contributed by atoms with Crippen molar-refractivity contribution in [3.8, 4) is 0 Å². The van der Waals surface area contributed by atoms with Gasteiger partial charge in [-0.15, -0.1) is 11.6 Å². The van der Waals surface area contributed by atoms with Crippen molar-refractivity contribution in [2.45, 2.75) is 38.3 Å². The van der Waals surface area contributed by atoms with E-state index >= 15 is 0 Å². The normalized spacial score (nSPS) is 18.5. The lowest BCUT2D eigenvalue weighted by Crippen LogP contribution is -2.34. The van der Waals surface area contributed by atoms with Crippen LogP contribution in [0.1, 0.15) is 37.7 Å². The first-order valence-corrected chi connectivity index (χ1v) is 7.80. The number of hydrogen-bond acceptors (Lipinski definition) is 2. The van der Waals surface area contributed by atoms with Gasteiger partial charge >= 0.3 is 6.18 Å². The van der Waals surface area contributed by atoms with Gasteiger partial charge in [-0.25, -0.2) is 4.98 Å². The molecule has 118 valence electrons. The van der Waals surface area contributed by atoms with Gasteiger partial charge < -0.3 is 5.32 Å². The first-order valence-electron chi connectivity index (χ1n) is 6.89. The number of anilines is 1. The molecule has 1 aliphatic carbocycles. The van der Waals surface area contributed by atoms with Crippen LogP contribution >= 0.6 is 23.2 Å². The second kappa shape index (κ2) is 6.61. The number of aromatic nitrogens is 1. The number of rotatable bonds is 4. The minimum atomic E-state index is -4.43. The number of nitrogens with one attached hydrogen (secondary N) is 1. The van der Waals surface area contributed by atoms with E-state index in [1.807, 2.05) is 0 Å². The first kappa shape index (κ1) is 16.7. The Kier molecular flexibility index (Phi) is 5.25. The molecule has 0 saturated heterocycles. The maximum Gasteiger partial charge on any atom is 0.417 e. The molecule has 1 N–H and O–H groups in total. The van der Waals surface area contributed by atoms with E-state index < -0.39 is 11.7 Å². The van der Waals surface area contributed by atoms with Crippen LogP contribution in [-0.2, 0) is 6.18 Å². The minimum Gasteiger partial charge on any atom is -0.368 e. The molecule has 1 saturated carbocycles. The fourth-order valence-electron chi connectivity index (χ4n) is 2.65. The summed E-state index contributed by atoms with van der Waals surface area (Å²) in [5, 5.41) is 3.04. The zero-order valence-electron chi connectivity index (χ0n) is 11.4. The van der Waals surface area contributed by atoms with Crippen LogP contribution in [0.4, 0.5) is 19.0 Å². The number of nitrogens with zero attached hydrogens (tertiary/aromatic N) is 1. The Balaban J connectivity index is 2.06. The highest BCUT2D eigenvalue weighted by Crippen LogP contribution is 2.38. The number of halogens is 5. The van der Waals surface area contributed by atoms with Gasteiger partial charge in [0.15, 0.2) is 0 Å². The fourth-order valence-corrected chi connectivity index (χ4v) is 3.25. The predicted molar refractivity (Wildman–Crippen MR) is 79.0 cm³/mol. The van der Waals surface area contributed by atoms with Crippen LogP contribution in [-0.4, -0.2) is 17.4 Å². The lowest BCUT2D eigenvalue weighted by molar-refractivity contribution is -0.137. The van der Waals surface area contributed by atoms with Gasteiger partial charge in [0.25, 0.3) is 0 Å². The fraction of sp³-hybridized carbons (Fsp3) is 0.643. The molecule has 0 amide bonds. The van der Waals surface area contributed by atoms with Crippen LogP contribution in [0.15, 0.2) is 12.3 Å². The van der Waals surface area contributed by atoms with E-state index in [1.165, 1.54) is 6.42 Å². The monoisotopic (exact) mass is 340 g/mol. The zero-order chi connectivity index (χ0) is 15.5. The van der Waals surface area contributed by atoms with Crippen molar-refractivity contribution in [2.24, 2.45) is 5.41 Å². The number of hydrogen-bond donors (Lipinski definition) is 1. The maximum atomic E-state index is 12.6. The smallest absolute Gasteiger partial charge is 0.368 e. The third-order valence-corrected chi connectivity index (χ3v) is 4.85. The summed E-state index contributed by atoms with van der Waals surface area (Å²) >= 11 is 12.0. The molecule has 21 heavy (non-hydrogen) atoms. The Morgan fingerprint density at radius 2 is 1.90 bits per heavy atom. The molecule has 1 aromatic rings. The summed E-state index contributed by atoms with van der Waals surface area (Å²) < 4.78 is 37.7. The summed E-state index contributed by atoms with van der Waals surface area (Å²) in [6.07, 6.45) is 1.85. The molecule has 1 aromatic heterocycles. The van der Waals surface area contributed by atoms with E-state index in [0.29, 0.717) is 12.4 Å². The van der Waals surface area contributed by atoms with Crippen molar-refractivity contribution in [3.63, 3.8) is 0 Å². The lowest BCUT2D eigenvalue weighted by atomic mass is 9.75. The van der Waals surface area contributed by atoms with Gasteiger partial charge in [0.05, 0.1) is 10.6 Å². The average molecular weight is 341 g/mol. The van der Waals surface area contributed by atoms with E-state index in [1.54, 1.807) is 0 Å². The molecule has 0 unspecified atom stereocenters. The average Bonchev–Trinajstić information content (AvgIpc) is 2.46. The molecule has 1 heterocycles. The van der Waals surface area contributed by atoms with Crippen molar-refractivity contribution >= 4 is 29.0 Å². The van der Waals surface area contributed by atoms with Gasteiger partial charge in [0.2, 0.25) is 0 Å². The minimum absolute atomic E-state index is 0.0203. The van der Waals surface area contributed by atoms with E-state index in [4.69, 9.17) is 23.2 Å². The molecule has 2 nitrogen and oxygen atoms in total. The van der Waals surface area contributed by atoms with Crippen molar-refractivity contribution in [1.29, 1.82) is 0 Å². The Labute approximate surface area is 132 Å². The molecule has 1 fully saturated rings. The highest BCUT2D eigenvalue weighted by molar-refractivity contribution is 6.33. The molecule has 0 bridgehead atoms. The van der Waals surface area contributed by atoms with Gasteiger partial charge in [-0.2, -0.15) is 13.2 Å². The number of pyridine rings is 1. The topological polar surface area (TPSA) is 24.9 Å². The second-order valence-corrected chi connectivity index (χ2v) is 6.27. The third-order valence-electron chi connectivity index (χ3n) is 4.00. The van der Waals surface area contributed by atoms with Gasteiger partial charge in [-0.3, -0.25) is 0 Å². The van der Waals surface area contributed by atoms with Gasteiger partial charge in [-0.05, 0) is 18.9 Å². The molecule has 0 aliphatic heterocycles. The molecule has 0 radical (unpaired) electrons. The van der Waals surface area contributed by atoms with Crippen molar-refractivity contribution in [2.75, 3.05) is 17.7 Å². The van der Waals surface area contributed by atoms with Crippen LogP contribution in [0.3, 0.4) is 0 Å². The Morgan fingerprint density at radius 1 is 1.24 bits per heavy atom. The van der Waals surface area contributed by atoms with Crippen molar-refractivity contribution in [3.05, 3.63) is 22.8 Å². The predicted octanol–water partition coefficient (Wildman–Crippen LogP) is 5.36. The molecule has 0 aromatic carbocycles. The Hall–Kier alpha value is -0.680. The first-order chi connectivity index (χ1) is 9.86. The second-order valence-electron chi connectivity index (χ2n) is 5.60. The SMILES string of the molecule is FC(F)(F)c1cnc(NCC2(CCl)CCCCC2)c(Cl)c1. The van der Waals surface area contributed by atoms with E-state index in [-0.39, 0.29) is 16.3 Å². The summed E-state index contributed by atoms with van der Waals surface area (Å²) in [5.41, 5.74) is -0.865. The summed E-state index contributed by atoms with van der Waals surface area (Å²) in [7, 11) is 0. The zero-order valence-corrected chi connectivity index (χ0v) is 13.0.